The lowest BCUT2D eigenvalue weighted by Gasteiger charge is -2.33. The summed E-state index contributed by atoms with van der Waals surface area (Å²) in [6.45, 7) is 12.1. The molecule has 0 spiro atoms. The number of sulfonamides is 1. The van der Waals surface area contributed by atoms with Crippen molar-refractivity contribution in [2.45, 2.75) is 72.5 Å². The second-order valence-electron chi connectivity index (χ2n) is 8.72. The molecule has 0 aromatic heterocycles. The monoisotopic (exact) mass is 426 g/mol. The predicted molar refractivity (Wildman–Crippen MR) is 122 cm³/mol. The molecule has 1 rings (SSSR count). The first-order valence-corrected chi connectivity index (χ1v) is 11.8. The number of carbonyl (C=O) groups is 1. The molecule has 0 unspecified atom stereocenters. The maximum absolute atomic E-state index is 12.9. The van der Waals surface area contributed by atoms with Crippen LogP contribution >= 0.6 is 0 Å². The minimum atomic E-state index is -3.38. The van der Waals surface area contributed by atoms with Crippen LogP contribution < -0.4 is 14.9 Å². The van der Waals surface area contributed by atoms with Gasteiger partial charge in [0.05, 0.1) is 5.75 Å². The first kappa shape index (κ1) is 25.1. The zero-order valence-electron chi connectivity index (χ0n) is 19.2. The summed E-state index contributed by atoms with van der Waals surface area (Å²) in [5.74, 6) is 0.0742. The Hall–Kier alpha value is -1.96. The van der Waals surface area contributed by atoms with Crippen molar-refractivity contribution in [1.29, 1.82) is 0 Å². The van der Waals surface area contributed by atoms with Gasteiger partial charge in [0.1, 0.15) is 0 Å². The quantitative estimate of drug-likeness (QED) is 0.625. The molecule has 0 radical (unpaired) electrons. The molecule has 8 heteroatoms. The van der Waals surface area contributed by atoms with Gasteiger partial charge in [-0.1, -0.05) is 13.8 Å². The van der Waals surface area contributed by atoms with Crippen molar-refractivity contribution in [2.75, 3.05) is 29.5 Å². The average Bonchev–Trinajstić information content (AvgIpc) is 2.56. The number of rotatable bonds is 9. The van der Waals surface area contributed by atoms with Crippen LogP contribution in [0.2, 0.25) is 0 Å². The van der Waals surface area contributed by atoms with Gasteiger partial charge < -0.3 is 15.1 Å². The van der Waals surface area contributed by atoms with Crippen LogP contribution in [-0.4, -0.2) is 50.8 Å². The highest BCUT2D eigenvalue weighted by atomic mass is 32.2. The minimum Gasteiger partial charge on any atom is -0.377 e. The summed E-state index contributed by atoms with van der Waals surface area (Å²) >= 11 is 0. The molecule has 7 nitrogen and oxygen atoms in total. The number of urea groups is 1. The van der Waals surface area contributed by atoms with Gasteiger partial charge in [-0.3, -0.25) is 4.72 Å². The molecule has 1 aromatic rings. The zero-order valence-corrected chi connectivity index (χ0v) is 20.0. The van der Waals surface area contributed by atoms with Gasteiger partial charge in [0, 0.05) is 43.6 Å². The van der Waals surface area contributed by atoms with Crippen molar-refractivity contribution in [3.8, 4) is 0 Å². The average molecular weight is 427 g/mol. The van der Waals surface area contributed by atoms with Crippen molar-refractivity contribution >= 4 is 27.4 Å². The molecule has 29 heavy (non-hydrogen) atoms. The number of nitrogens with zero attached hydrogens (tertiary/aromatic N) is 2. The van der Waals surface area contributed by atoms with Crippen LogP contribution in [0.15, 0.2) is 18.2 Å². The molecule has 0 aliphatic carbocycles. The summed E-state index contributed by atoms with van der Waals surface area (Å²) in [6.07, 6.45) is 1.37. The molecule has 1 aromatic carbocycles. The number of anilines is 2. The van der Waals surface area contributed by atoms with E-state index in [2.05, 4.69) is 10.0 Å². The molecule has 166 valence electrons. The van der Waals surface area contributed by atoms with Crippen molar-refractivity contribution in [2.24, 2.45) is 0 Å². The van der Waals surface area contributed by atoms with E-state index < -0.39 is 10.0 Å². The largest absolute Gasteiger partial charge is 0.377 e. The normalized spacial score (nSPS) is 13.0. The van der Waals surface area contributed by atoms with E-state index in [4.69, 9.17) is 0 Å². The summed E-state index contributed by atoms with van der Waals surface area (Å²) in [6, 6.07) is 5.37. The van der Waals surface area contributed by atoms with Gasteiger partial charge in [0.2, 0.25) is 10.0 Å². The lowest BCUT2D eigenvalue weighted by Crippen LogP contribution is -2.51. The zero-order chi connectivity index (χ0) is 22.4. The highest BCUT2D eigenvalue weighted by Crippen LogP contribution is 2.26. The Morgan fingerprint density at radius 2 is 1.79 bits per heavy atom. The van der Waals surface area contributed by atoms with E-state index in [-0.39, 0.29) is 23.4 Å². The van der Waals surface area contributed by atoms with E-state index >= 15 is 0 Å². The fourth-order valence-electron chi connectivity index (χ4n) is 2.94. The van der Waals surface area contributed by atoms with Gasteiger partial charge in [-0.05, 0) is 64.3 Å². The summed E-state index contributed by atoms with van der Waals surface area (Å²) < 4.78 is 27.0. The molecule has 2 amide bonds. The fourth-order valence-corrected chi connectivity index (χ4v) is 4.06. The number of carbonyl (C=O) groups excluding carboxylic acids is 1. The van der Waals surface area contributed by atoms with Gasteiger partial charge in [-0.15, -0.1) is 0 Å². The number of benzene rings is 1. The van der Waals surface area contributed by atoms with Crippen LogP contribution in [0, 0.1) is 0 Å². The highest BCUT2D eigenvalue weighted by Gasteiger charge is 2.24. The van der Waals surface area contributed by atoms with Crippen molar-refractivity contribution in [1.82, 2.24) is 10.2 Å². The van der Waals surface area contributed by atoms with E-state index in [1.54, 1.807) is 11.0 Å². The SMILES string of the molecule is CCCS(=O)(=O)Nc1ccc(N(C)C)c(CN(C(=O)NC(C)(C)C)[C@@H](C)CC)c1. The van der Waals surface area contributed by atoms with Crippen LogP contribution in [0.1, 0.15) is 59.9 Å². The van der Waals surface area contributed by atoms with Crippen LogP contribution in [0.5, 0.6) is 0 Å². The van der Waals surface area contributed by atoms with Crippen LogP contribution in [0.3, 0.4) is 0 Å². The summed E-state index contributed by atoms with van der Waals surface area (Å²) in [7, 11) is 0.485. The highest BCUT2D eigenvalue weighted by molar-refractivity contribution is 7.92. The number of amides is 2. The molecule has 0 saturated carbocycles. The standard InChI is InChI=1S/C21H38N4O3S/c1-9-13-29(27,28)23-18-11-12-19(24(7)8)17(14-18)15-25(16(3)10-2)20(26)22-21(4,5)6/h11-12,14,16,23H,9-10,13,15H2,1-8H3,(H,22,26)/t16-/m0/s1. The lowest BCUT2D eigenvalue weighted by atomic mass is 10.1. The first-order valence-electron chi connectivity index (χ1n) is 10.2. The van der Waals surface area contributed by atoms with Crippen LogP contribution in [0.25, 0.3) is 0 Å². The lowest BCUT2D eigenvalue weighted by molar-refractivity contribution is 0.165. The molecular weight excluding hydrogens is 388 g/mol. The molecule has 1 atom stereocenters. The Morgan fingerprint density at radius 1 is 1.17 bits per heavy atom. The maximum atomic E-state index is 12.9. The second-order valence-corrected chi connectivity index (χ2v) is 10.6. The maximum Gasteiger partial charge on any atom is 0.318 e. The molecule has 2 N–H and O–H groups in total. The summed E-state index contributed by atoms with van der Waals surface area (Å²) in [5, 5.41) is 3.03. The topological polar surface area (TPSA) is 81.8 Å². The molecule has 0 fully saturated rings. The third kappa shape index (κ3) is 8.12. The molecular formula is C21H38N4O3S. The smallest absolute Gasteiger partial charge is 0.318 e. The third-order valence-corrected chi connectivity index (χ3v) is 6.01. The summed E-state index contributed by atoms with van der Waals surface area (Å²) in [5.41, 5.74) is 2.00. The van der Waals surface area contributed by atoms with E-state index in [0.717, 1.165) is 17.7 Å². The molecule has 0 bridgehead atoms. The van der Waals surface area contributed by atoms with E-state index in [1.807, 2.05) is 72.7 Å². The van der Waals surface area contributed by atoms with Crippen LogP contribution in [0.4, 0.5) is 16.2 Å². The van der Waals surface area contributed by atoms with Gasteiger partial charge >= 0.3 is 6.03 Å². The Labute approximate surface area is 176 Å². The molecule has 0 aliphatic heterocycles. The number of hydrogen-bond acceptors (Lipinski definition) is 4. The number of nitrogens with one attached hydrogen (secondary N) is 2. The Morgan fingerprint density at radius 3 is 2.28 bits per heavy atom. The van der Waals surface area contributed by atoms with E-state index in [1.165, 1.54) is 0 Å². The van der Waals surface area contributed by atoms with Crippen molar-refractivity contribution < 1.29 is 13.2 Å². The summed E-state index contributed by atoms with van der Waals surface area (Å²) in [4.78, 5) is 16.7. The molecule has 0 saturated heterocycles. The van der Waals surface area contributed by atoms with Crippen molar-refractivity contribution in [3.05, 3.63) is 23.8 Å². The fraction of sp³-hybridized carbons (Fsp3) is 0.667. The Bertz CT molecular complexity index is 786. The van der Waals surface area contributed by atoms with E-state index in [0.29, 0.717) is 18.7 Å². The van der Waals surface area contributed by atoms with Gasteiger partial charge in [0.15, 0.2) is 0 Å². The molecule has 0 aliphatic rings. The van der Waals surface area contributed by atoms with Crippen molar-refractivity contribution in [3.63, 3.8) is 0 Å². The van der Waals surface area contributed by atoms with Gasteiger partial charge in [0.25, 0.3) is 0 Å². The predicted octanol–water partition coefficient (Wildman–Crippen LogP) is 4.01. The van der Waals surface area contributed by atoms with Crippen LogP contribution in [-0.2, 0) is 16.6 Å². The Balaban J connectivity index is 3.28. The third-order valence-electron chi connectivity index (χ3n) is 4.51. The first-order chi connectivity index (χ1) is 13.3. The second kappa shape index (κ2) is 10.2. The van der Waals surface area contributed by atoms with E-state index in [9.17, 15) is 13.2 Å². The van der Waals surface area contributed by atoms with Gasteiger partial charge in [-0.2, -0.15) is 0 Å². The number of hydrogen-bond donors (Lipinski definition) is 2. The van der Waals surface area contributed by atoms with Gasteiger partial charge in [-0.25, -0.2) is 13.2 Å². The minimum absolute atomic E-state index is 0.0350. The Kier molecular flexibility index (Phi) is 8.81. The molecule has 0 heterocycles.